The van der Waals surface area contributed by atoms with Gasteiger partial charge in [0, 0.05) is 17.3 Å². The lowest BCUT2D eigenvalue weighted by Crippen LogP contribution is -2.16. The van der Waals surface area contributed by atoms with Crippen LogP contribution in [0.4, 0.5) is 0 Å². The third kappa shape index (κ3) is 3.94. The number of hydrogen-bond acceptors (Lipinski definition) is 3. The molecule has 1 aromatic heterocycles. The average Bonchev–Trinajstić information content (AvgIpc) is 2.37. The average molecular weight is 305 g/mol. The van der Waals surface area contributed by atoms with Gasteiger partial charge in [-0.2, -0.15) is 0 Å². The molecule has 0 saturated heterocycles. The minimum absolute atomic E-state index is 0.0168. The molecular formula is C17H21ClN2O. The van der Waals surface area contributed by atoms with Crippen LogP contribution in [0, 0.1) is 0 Å². The lowest BCUT2D eigenvalue weighted by Gasteiger charge is -2.24. The summed E-state index contributed by atoms with van der Waals surface area (Å²) in [4.78, 5) is 8.19. The van der Waals surface area contributed by atoms with Crippen molar-refractivity contribution in [1.29, 1.82) is 0 Å². The van der Waals surface area contributed by atoms with Crippen LogP contribution >= 0.6 is 11.6 Å². The van der Waals surface area contributed by atoms with Crippen molar-refractivity contribution in [3.8, 4) is 17.0 Å². The Morgan fingerprint density at radius 1 is 1.14 bits per heavy atom. The molecule has 0 aliphatic rings. The Balaban J connectivity index is 2.51. The topological polar surface area (TPSA) is 35.0 Å². The van der Waals surface area contributed by atoms with Crippen LogP contribution < -0.4 is 4.74 Å². The minimum Gasteiger partial charge on any atom is -0.491 e. The molecule has 0 bridgehead atoms. The van der Waals surface area contributed by atoms with E-state index in [-0.39, 0.29) is 16.8 Å². The van der Waals surface area contributed by atoms with Gasteiger partial charge in [-0.05, 0) is 55.1 Å². The standard InChI is InChI=1S/C17H21ClN2O/c1-11(2)21-15-7-6-12(10-13(15)17(3,4)5)14-8-9-19-16(18)20-14/h6-11H,1-5H3. The van der Waals surface area contributed by atoms with Gasteiger partial charge in [-0.15, -0.1) is 0 Å². The molecule has 0 spiro atoms. The fourth-order valence-electron chi connectivity index (χ4n) is 2.13. The second-order valence-corrected chi connectivity index (χ2v) is 6.68. The van der Waals surface area contributed by atoms with Gasteiger partial charge in [-0.25, -0.2) is 9.97 Å². The molecule has 112 valence electrons. The number of benzene rings is 1. The van der Waals surface area contributed by atoms with Crippen molar-refractivity contribution in [1.82, 2.24) is 9.97 Å². The zero-order valence-electron chi connectivity index (χ0n) is 13.1. The lowest BCUT2D eigenvalue weighted by molar-refractivity contribution is 0.236. The maximum Gasteiger partial charge on any atom is 0.222 e. The molecule has 0 aliphatic heterocycles. The van der Waals surface area contributed by atoms with E-state index in [4.69, 9.17) is 16.3 Å². The first-order valence-electron chi connectivity index (χ1n) is 7.07. The van der Waals surface area contributed by atoms with Gasteiger partial charge in [-0.1, -0.05) is 20.8 Å². The second kappa shape index (κ2) is 6.02. The van der Waals surface area contributed by atoms with Crippen LogP contribution in [0.25, 0.3) is 11.3 Å². The summed E-state index contributed by atoms with van der Waals surface area (Å²) in [5, 5.41) is 0.257. The smallest absolute Gasteiger partial charge is 0.222 e. The predicted molar refractivity (Wildman–Crippen MR) is 86.9 cm³/mol. The van der Waals surface area contributed by atoms with Crippen LogP contribution in [0.15, 0.2) is 30.5 Å². The fourth-order valence-corrected chi connectivity index (χ4v) is 2.28. The van der Waals surface area contributed by atoms with Crippen molar-refractivity contribution < 1.29 is 4.74 Å². The van der Waals surface area contributed by atoms with E-state index in [0.717, 1.165) is 22.6 Å². The summed E-state index contributed by atoms with van der Waals surface area (Å²) in [5.41, 5.74) is 2.97. The quantitative estimate of drug-likeness (QED) is 0.758. The normalized spacial score (nSPS) is 11.8. The molecule has 0 amide bonds. The number of rotatable bonds is 3. The van der Waals surface area contributed by atoms with Crippen LogP contribution in [-0.4, -0.2) is 16.1 Å². The van der Waals surface area contributed by atoms with Crippen LogP contribution in [0.5, 0.6) is 5.75 Å². The number of halogens is 1. The van der Waals surface area contributed by atoms with E-state index in [9.17, 15) is 0 Å². The predicted octanol–water partition coefficient (Wildman–Crippen LogP) is 4.88. The van der Waals surface area contributed by atoms with E-state index in [1.165, 1.54) is 0 Å². The van der Waals surface area contributed by atoms with Crippen molar-refractivity contribution >= 4 is 11.6 Å². The van der Waals surface area contributed by atoms with Crippen LogP contribution in [0.3, 0.4) is 0 Å². The molecule has 2 aromatic rings. The van der Waals surface area contributed by atoms with Crippen molar-refractivity contribution in [3.63, 3.8) is 0 Å². The Morgan fingerprint density at radius 3 is 2.43 bits per heavy atom. The number of ether oxygens (including phenoxy) is 1. The molecule has 0 fully saturated rings. The summed E-state index contributed by atoms with van der Waals surface area (Å²) >= 11 is 5.88. The zero-order chi connectivity index (χ0) is 15.6. The molecule has 0 N–H and O–H groups in total. The molecule has 0 aliphatic carbocycles. The highest BCUT2D eigenvalue weighted by Gasteiger charge is 2.20. The third-order valence-electron chi connectivity index (χ3n) is 3.07. The summed E-state index contributed by atoms with van der Waals surface area (Å²) in [6, 6.07) is 7.99. The van der Waals surface area contributed by atoms with Crippen molar-refractivity contribution in [2.45, 2.75) is 46.1 Å². The maximum absolute atomic E-state index is 5.93. The molecule has 0 radical (unpaired) electrons. The molecule has 2 rings (SSSR count). The first-order chi connectivity index (χ1) is 9.77. The van der Waals surface area contributed by atoms with Gasteiger partial charge in [0.15, 0.2) is 0 Å². The van der Waals surface area contributed by atoms with Crippen LogP contribution in [0.2, 0.25) is 5.28 Å². The van der Waals surface area contributed by atoms with E-state index >= 15 is 0 Å². The van der Waals surface area contributed by atoms with E-state index in [1.807, 2.05) is 32.0 Å². The highest BCUT2D eigenvalue weighted by Crippen LogP contribution is 2.35. The lowest BCUT2D eigenvalue weighted by atomic mass is 9.85. The molecule has 3 nitrogen and oxygen atoms in total. The number of nitrogens with zero attached hydrogens (tertiary/aromatic N) is 2. The van der Waals surface area contributed by atoms with Gasteiger partial charge < -0.3 is 4.74 Å². The molecule has 4 heteroatoms. The molecule has 0 saturated carbocycles. The summed E-state index contributed by atoms with van der Waals surface area (Å²) in [6.45, 7) is 10.6. The first kappa shape index (κ1) is 15.8. The molecule has 0 unspecified atom stereocenters. The molecule has 1 aromatic carbocycles. The Bertz CT molecular complexity index is 633. The van der Waals surface area contributed by atoms with Gasteiger partial charge in [0.2, 0.25) is 5.28 Å². The van der Waals surface area contributed by atoms with Crippen molar-refractivity contribution in [2.24, 2.45) is 0 Å². The van der Waals surface area contributed by atoms with E-state index < -0.39 is 0 Å². The van der Waals surface area contributed by atoms with Gasteiger partial charge in [0.1, 0.15) is 5.75 Å². The van der Waals surface area contributed by atoms with E-state index in [2.05, 4.69) is 36.8 Å². The Kier molecular flexibility index (Phi) is 4.52. The largest absolute Gasteiger partial charge is 0.491 e. The third-order valence-corrected chi connectivity index (χ3v) is 3.25. The zero-order valence-corrected chi connectivity index (χ0v) is 13.9. The van der Waals surface area contributed by atoms with E-state index in [0.29, 0.717) is 0 Å². The molecule has 21 heavy (non-hydrogen) atoms. The van der Waals surface area contributed by atoms with Gasteiger partial charge in [0.25, 0.3) is 0 Å². The summed E-state index contributed by atoms with van der Waals surface area (Å²) in [7, 11) is 0. The monoisotopic (exact) mass is 304 g/mol. The van der Waals surface area contributed by atoms with Crippen molar-refractivity contribution in [3.05, 3.63) is 41.3 Å². The van der Waals surface area contributed by atoms with Crippen LogP contribution in [0.1, 0.15) is 40.2 Å². The highest BCUT2D eigenvalue weighted by molar-refractivity contribution is 6.28. The minimum atomic E-state index is -0.0168. The van der Waals surface area contributed by atoms with Gasteiger partial charge in [-0.3, -0.25) is 0 Å². The van der Waals surface area contributed by atoms with Gasteiger partial charge >= 0.3 is 0 Å². The Labute approximate surface area is 131 Å². The van der Waals surface area contributed by atoms with Crippen LogP contribution in [-0.2, 0) is 5.41 Å². The SMILES string of the molecule is CC(C)Oc1ccc(-c2ccnc(Cl)n2)cc1C(C)(C)C. The molecular weight excluding hydrogens is 284 g/mol. The fraction of sp³-hybridized carbons (Fsp3) is 0.412. The van der Waals surface area contributed by atoms with Crippen molar-refractivity contribution in [2.75, 3.05) is 0 Å². The Morgan fingerprint density at radius 2 is 1.86 bits per heavy atom. The molecule has 1 heterocycles. The first-order valence-corrected chi connectivity index (χ1v) is 7.45. The van der Waals surface area contributed by atoms with E-state index in [1.54, 1.807) is 6.20 Å². The number of aromatic nitrogens is 2. The molecule has 0 atom stereocenters. The maximum atomic E-state index is 5.93. The second-order valence-electron chi connectivity index (χ2n) is 6.34. The Hall–Kier alpha value is -1.61. The summed E-state index contributed by atoms with van der Waals surface area (Å²) in [6.07, 6.45) is 1.81. The number of hydrogen-bond donors (Lipinski definition) is 0. The summed E-state index contributed by atoms with van der Waals surface area (Å²) < 4.78 is 5.93. The summed E-state index contributed by atoms with van der Waals surface area (Å²) in [5.74, 6) is 0.918. The van der Waals surface area contributed by atoms with Gasteiger partial charge in [0.05, 0.1) is 11.8 Å². The highest BCUT2D eigenvalue weighted by atomic mass is 35.5.